The van der Waals surface area contributed by atoms with E-state index in [-0.39, 0.29) is 17.3 Å². The molecule has 34 heavy (non-hydrogen) atoms. The first-order valence-corrected chi connectivity index (χ1v) is 12.3. The molecule has 1 atom stereocenters. The summed E-state index contributed by atoms with van der Waals surface area (Å²) >= 11 is 6.17. The third-order valence-electron chi connectivity index (χ3n) is 6.15. The van der Waals surface area contributed by atoms with E-state index in [0.717, 1.165) is 19.3 Å². The van der Waals surface area contributed by atoms with E-state index in [1.807, 2.05) is 68.1 Å². The van der Waals surface area contributed by atoms with Crippen LogP contribution in [0.2, 0.25) is 0 Å². The summed E-state index contributed by atoms with van der Waals surface area (Å²) in [6.07, 6.45) is 2.92. The molecule has 6 nitrogen and oxygen atoms in total. The van der Waals surface area contributed by atoms with Gasteiger partial charge in [0.25, 0.3) is 5.56 Å². The molecule has 0 bridgehead atoms. The number of methoxy groups -OCH3 is 1. The highest BCUT2D eigenvalue weighted by molar-refractivity contribution is 6.19. The quantitative estimate of drug-likeness (QED) is 0.272. The lowest BCUT2D eigenvalue weighted by Crippen LogP contribution is -2.45. The van der Waals surface area contributed by atoms with Gasteiger partial charge in [-0.05, 0) is 63.6 Å². The monoisotopic (exact) mass is 483 g/mol. The summed E-state index contributed by atoms with van der Waals surface area (Å²) in [5, 5.41) is 0.527. The van der Waals surface area contributed by atoms with Crippen molar-refractivity contribution in [3.05, 3.63) is 64.7 Å². The number of amides is 1. The third kappa shape index (κ3) is 5.27. The third-order valence-corrected chi connectivity index (χ3v) is 6.82. The lowest BCUT2D eigenvalue weighted by Gasteiger charge is -2.35. The van der Waals surface area contributed by atoms with E-state index in [4.69, 9.17) is 21.3 Å². The Kier molecular flexibility index (Phi) is 8.37. The van der Waals surface area contributed by atoms with Crippen LogP contribution in [0.15, 0.2) is 53.3 Å². The summed E-state index contributed by atoms with van der Waals surface area (Å²) in [5.41, 5.74) is 0.375. The van der Waals surface area contributed by atoms with Crippen LogP contribution in [0.4, 0.5) is 0 Å². The molecule has 182 valence electrons. The number of halogens is 1. The van der Waals surface area contributed by atoms with E-state index >= 15 is 0 Å². The summed E-state index contributed by atoms with van der Waals surface area (Å²) in [7, 11) is 1.60. The number of fused-ring (bicyclic) bond motifs is 1. The SMILES string of the molecule is CCCCCN(C(=O)C(C)(C)CCl)C(C)c1nc2ccccc2c(=O)n1-c1ccc(OC)cc1. The standard InChI is InChI=1S/C27H34ClN3O3/c1-6-7-10-17-30(26(33)27(3,4)18-28)19(2)24-29-23-12-9-8-11-22(23)25(32)31(24)20-13-15-21(34-5)16-14-20/h8-9,11-16,19H,6-7,10,17-18H2,1-5H3. The molecule has 2 aromatic carbocycles. The minimum atomic E-state index is -0.732. The number of rotatable bonds is 10. The van der Waals surface area contributed by atoms with Crippen LogP contribution in [-0.2, 0) is 4.79 Å². The largest absolute Gasteiger partial charge is 0.497 e. The van der Waals surface area contributed by atoms with Gasteiger partial charge >= 0.3 is 0 Å². The minimum absolute atomic E-state index is 0.0465. The maximum atomic E-state index is 13.7. The number of aromatic nitrogens is 2. The second-order valence-corrected chi connectivity index (χ2v) is 9.49. The number of hydrogen-bond donors (Lipinski definition) is 0. The highest BCUT2D eigenvalue weighted by atomic mass is 35.5. The molecule has 0 aliphatic carbocycles. The number of alkyl halides is 1. The molecule has 0 N–H and O–H groups in total. The van der Waals surface area contributed by atoms with Gasteiger partial charge in [-0.25, -0.2) is 4.98 Å². The summed E-state index contributed by atoms with van der Waals surface area (Å²) in [6, 6.07) is 14.2. The van der Waals surface area contributed by atoms with Gasteiger partial charge in [-0.3, -0.25) is 14.2 Å². The number of benzene rings is 2. The highest BCUT2D eigenvalue weighted by Gasteiger charge is 2.35. The zero-order valence-corrected chi connectivity index (χ0v) is 21.4. The van der Waals surface area contributed by atoms with Gasteiger partial charge in [0.1, 0.15) is 11.6 Å². The number of carbonyl (C=O) groups is 1. The van der Waals surface area contributed by atoms with E-state index in [9.17, 15) is 9.59 Å². The molecule has 0 saturated carbocycles. The van der Waals surface area contributed by atoms with E-state index in [0.29, 0.717) is 34.7 Å². The minimum Gasteiger partial charge on any atom is -0.497 e. The molecule has 7 heteroatoms. The molecule has 0 aliphatic heterocycles. The molecule has 0 spiro atoms. The van der Waals surface area contributed by atoms with Crippen LogP contribution in [-0.4, -0.2) is 39.9 Å². The van der Waals surface area contributed by atoms with Crippen LogP contribution >= 0.6 is 11.6 Å². The molecular weight excluding hydrogens is 450 g/mol. The predicted molar refractivity (Wildman–Crippen MR) is 138 cm³/mol. The number of carbonyl (C=O) groups excluding carboxylic acids is 1. The first-order chi connectivity index (χ1) is 16.2. The van der Waals surface area contributed by atoms with E-state index in [2.05, 4.69) is 6.92 Å². The summed E-state index contributed by atoms with van der Waals surface area (Å²) in [6.45, 7) is 8.34. The van der Waals surface area contributed by atoms with Crippen molar-refractivity contribution in [3.8, 4) is 11.4 Å². The van der Waals surface area contributed by atoms with Gasteiger partial charge < -0.3 is 9.64 Å². The van der Waals surface area contributed by atoms with Crippen molar-refractivity contribution in [2.45, 2.75) is 53.0 Å². The Morgan fingerprint density at radius 1 is 1.15 bits per heavy atom. The van der Waals surface area contributed by atoms with Gasteiger partial charge in [0.2, 0.25) is 5.91 Å². The number of para-hydroxylation sites is 1. The normalized spacial score (nSPS) is 12.5. The van der Waals surface area contributed by atoms with Gasteiger partial charge in [-0.2, -0.15) is 0 Å². The van der Waals surface area contributed by atoms with Crippen LogP contribution in [0.25, 0.3) is 16.6 Å². The maximum absolute atomic E-state index is 13.7. The van der Waals surface area contributed by atoms with Crippen molar-refractivity contribution in [2.24, 2.45) is 5.41 Å². The molecule has 0 aliphatic rings. The van der Waals surface area contributed by atoms with Gasteiger partial charge in [0.15, 0.2) is 0 Å². The first-order valence-electron chi connectivity index (χ1n) is 11.8. The Bertz CT molecular complexity index is 1190. The van der Waals surface area contributed by atoms with Crippen LogP contribution in [0.5, 0.6) is 5.75 Å². The Morgan fingerprint density at radius 3 is 2.44 bits per heavy atom. The van der Waals surface area contributed by atoms with Crippen molar-refractivity contribution < 1.29 is 9.53 Å². The second-order valence-electron chi connectivity index (χ2n) is 9.22. The van der Waals surface area contributed by atoms with Gasteiger partial charge in [-0.1, -0.05) is 31.9 Å². The van der Waals surface area contributed by atoms with Crippen LogP contribution < -0.4 is 10.3 Å². The van der Waals surface area contributed by atoms with E-state index in [1.54, 1.807) is 17.7 Å². The molecule has 1 heterocycles. The van der Waals surface area contributed by atoms with E-state index in [1.165, 1.54) is 0 Å². The van der Waals surface area contributed by atoms with E-state index < -0.39 is 11.5 Å². The Labute approximate surface area is 206 Å². The number of ether oxygens (including phenoxy) is 1. The van der Waals surface area contributed by atoms with Crippen LogP contribution in [0.3, 0.4) is 0 Å². The fourth-order valence-corrected chi connectivity index (χ4v) is 4.11. The zero-order valence-electron chi connectivity index (χ0n) is 20.7. The fourth-order valence-electron chi connectivity index (χ4n) is 4.00. The van der Waals surface area contributed by atoms with Crippen molar-refractivity contribution >= 4 is 28.4 Å². The smallest absolute Gasteiger partial charge is 0.266 e. The van der Waals surface area contributed by atoms with Crippen molar-refractivity contribution in [2.75, 3.05) is 19.5 Å². The fraction of sp³-hybridized carbons (Fsp3) is 0.444. The molecule has 0 saturated heterocycles. The zero-order chi connectivity index (χ0) is 24.9. The predicted octanol–water partition coefficient (Wildman–Crippen LogP) is 5.74. The number of unbranched alkanes of at least 4 members (excludes halogenated alkanes) is 2. The molecular formula is C27H34ClN3O3. The maximum Gasteiger partial charge on any atom is 0.266 e. The van der Waals surface area contributed by atoms with Gasteiger partial charge in [0, 0.05) is 12.4 Å². The van der Waals surface area contributed by atoms with Crippen molar-refractivity contribution in [1.29, 1.82) is 0 Å². The molecule has 1 amide bonds. The first kappa shape index (κ1) is 25.8. The molecule has 1 aromatic heterocycles. The topological polar surface area (TPSA) is 64.4 Å². The lowest BCUT2D eigenvalue weighted by atomic mass is 9.93. The van der Waals surface area contributed by atoms with Crippen LogP contribution in [0, 0.1) is 5.41 Å². The lowest BCUT2D eigenvalue weighted by molar-refractivity contribution is -0.141. The Morgan fingerprint density at radius 2 is 1.82 bits per heavy atom. The number of hydrogen-bond acceptors (Lipinski definition) is 4. The van der Waals surface area contributed by atoms with Gasteiger partial charge in [0.05, 0.1) is 35.2 Å². The highest BCUT2D eigenvalue weighted by Crippen LogP contribution is 2.29. The molecule has 3 aromatic rings. The molecule has 3 rings (SSSR count). The second kappa shape index (κ2) is 11.0. The molecule has 1 unspecified atom stereocenters. The van der Waals surface area contributed by atoms with Crippen molar-refractivity contribution in [1.82, 2.24) is 14.5 Å². The average Bonchev–Trinajstić information content (AvgIpc) is 2.86. The molecule has 0 radical (unpaired) electrons. The van der Waals surface area contributed by atoms with Crippen molar-refractivity contribution in [3.63, 3.8) is 0 Å². The van der Waals surface area contributed by atoms with Crippen LogP contribution in [0.1, 0.15) is 58.8 Å². The van der Waals surface area contributed by atoms with Gasteiger partial charge in [-0.15, -0.1) is 11.6 Å². The Balaban J connectivity index is 2.21. The summed E-state index contributed by atoms with van der Waals surface area (Å²) in [5.74, 6) is 1.37. The molecule has 0 fully saturated rings. The summed E-state index contributed by atoms with van der Waals surface area (Å²) < 4.78 is 6.90. The number of nitrogens with zero attached hydrogens (tertiary/aromatic N) is 3. The average molecular weight is 484 g/mol. The summed E-state index contributed by atoms with van der Waals surface area (Å²) in [4.78, 5) is 34.0. The Hall–Kier alpha value is -2.86.